The van der Waals surface area contributed by atoms with Gasteiger partial charge in [0.2, 0.25) is 0 Å². The van der Waals surface area contributed by atoms with E-state index in [1.54, 1.807) is 0 Å². The second kappa shape index (κ2) is 3.85. The van der Waals surface area contributed by atoms with Crippen molar-refractivity contribution in [3.8, 4) is 0 Å². The molecule has 0 unspecified atom stereocenters. The first kappa shape index (κ1) is 11.5. The fourth-order valence-corrected chi connectivity index (χ4v) is 3.69. The molecule has 0 saturated carbocycles. The molecule has 0 aromatic heterocycles. The minimum Gasteiger partial charge on any atom is -0.297 e. The summed E-state index contributed by atoms with van der Waals surface area (Å²) in [6, 6.07) is 15.0. The molecule has 4 rings (SSSR count). The molecule has 0 spiro atoms. The molecule has 0 fully saturated rings. The maximum Gasteiger partial charge on any atom is 0.0672 e. The third kappa shape index (κ3) is 1.38. The highest BCUT2D eigenvalue weighted by atomic mass is 15.1. The van der Waals surface area contributed by atoms with Crippen molar-refractivity contribution in [2.75, 3.05) is 0 Å². The van der Waals surface area contributed by atoms with E-state index in [0.717, 1.165) is 6.42 Å². The van der Waals surface area contributed by atoms with E-state index < -0.39 is 0 Å². The highest BCUT2D eigenvalue weighted by molar-refractivity contribution is 5.58. The van der Waals surface area contributed by atoms with Gasteiger partial charge in [0.15, 0.2) is 0 Å². The Kier molecular flexibility index (Phi) is 2.22. The molecular formula is C16H14N4. The van der Waals surface area contributed by atoms with Crippen molar-refractivity contribution in [3.63, 3.8) is 0 Å². The van der Waals surface area contributed by atoms with Crippen molar-refractivity contribution in [1.82, 2.24) is 5.32 Å². The number of azide groups is 1. The van der Waals surface area contributed by atoms with Crippen molar-refractivity contribution in [1.29, 1.82) is 0 Å². The maximum atomic E-state index is 8.62. The molecule has 2 aliphatic heterocycles. The van der Waals surface area contributed by atoms with Crippen LogP contribution in [0.2, 0.25) is 0 Å². The molecule has 98 valence electrons. The Balaban J connectivity index is 1.98. The number of rotatable bonds is 1. The van der Waals surface area contributed by atoms with Crippen molar-refractivity contribution in [2.45, 2.75) is 24.9 Å². The van der Waals surface area contributed by atoms with Gasteiger partial charge >= 0.3 is 0 Å². The molecule has 0 aliphatic carbocycles. The Hall–Kier alpha value is -2.29. The van der Waals surface area contributed by atoms with Crippen LogP contribution in [-0.2, 0) is 12.0 Å². The Morgan fingerprint density at radius 2 is 2.10 bits per heavy atom. The van der Waals surface area contributed by atoms with Crippen LogP contribution in [0.3, 0.4) is 0 Å². The Morgan fingerprint density at radius 1 is 1.25 bits per heavy atom. The standard InChI is InChI=1S/C16H14N4/c1-16-13-5-3-2-4-12(13)15(18-16)8-10-6-7-11(19-20-17)9-14(10)16/h2-7,9,15,18H,8H2,1H3/t15-,16-/m0/s1. The van der Waals surface area contributed by atoms with E-state index in [1.807, 2.05) is 12.1 Å². The fraction of sp³-hybridized carbons (Fsp3) is 0.250. The molecule has 0 radical (unpaired) electrons. The summed E-state index contributed by atoms with van der Waals surface area (Å²) in [7, 11) is 0. The fourth-order valence-electron chi connectivity index (χ4n) is 3.69. The molecule has 1 N–H and O–H groups in total. The van der Waals surface area contributed by atoms with Gasteiger partial charge < -0.3 is 0 Å². The van der Waals surface area contributed by atoms with Gasteiger partial charge in [-0.3, -0.25) is 5.32 Å². The van der Waals surface area contributed by atoms with Crippen molar-refractivity contribution < 1.29 is 0 Å². The first-order chi connectivity index (χ1) is 9.72. The molecule has 2 aromatic rings. The molecule has 4 nitrogen and oxygen atoms in total. The first-order valence-corrected chi connectivity index (χ1v) is 6.78. The lowest BCUT2D eigenvalue weighted by atomic mass is 9.82. The molecular weight excluding hydrogens is 248 g/mol. The van der Waals surface area contributed by atoms with E-state index in [-0.39, 0.29) is 5.54 Å². The molecule has 2 heterocycles. The van der Waals surface area contributed by atoms with Crippen LogP contribution in [0.15, 0.2) is 47.6 Å². The predicted molar refractivity (Wildman–Crippen MR) is 77.7 cm³/mol. The topological polar surface area (TPSA) is 60.8 Å². The van der Waals surface area contributed by atoms with Gasteiger partial charge in [0.1, 0.15) is 0 Å². The average molecular weight is 262 g/mol. The molecule has 0 saturated heterocycles. The van der Waals surface area contributed by atoms with Crippen molar-refractivity contribution in [3.05, 3.63) is 75.2 Å². The van der Waals surface area contributed by atoms with Gasteiger partial charge in [-0.2, -0.15) is 0 Å². The van der Waals surface area contributed by atoms with Crippen LogP contribution < -0.4 is 5.32 Å². The van der Waals surface area contributed by atoms with E-state index in [9.17, 15) is 0 Å². The van der Waals surface area contributed by atoms with Crippen LogP contribution in [0.1, 0.15) is 35.2 Å². The van der Waals surface area contributed by atoms with Gasteiger partial charge in [-0.1, -0.05) is 41.5 Å². The summed E-state index contributed by atoms with van der Waals surface area (Å²) >= 11 is 0. The second-order valence-electron chi connectivity index (χ2n) is 5.64. The summed E-state index contributed by atoms with van der Waals surface area (Å²) in [6.07, 6.45) is 0.985. The molecule has 20 heavy (non-hydrogen) atoms. The second-order valence-corrected chi connectivity index (χ2v) is 5.64. The number of hydrogen-bond acceptors (Lipinski definition) is 2. The smallest absolute Gasteiger partial charge is 0.0672 e. The van der Waals surface area contributed by atoms with Crippen LogP contribution in [0.5, 0.6) is 0 Å². The number of nitrogens with one attached hydrogen (secondary N) is 1. The number of fused-ring (bicyclic) bond motifs is 7. The lowest BCUT2D eigenvalue weighted by Gasteiger charge is -2.34. The first-order valence-electron chi connectivity index (χ1n) is 6.78. The van der Waals surface area contributed by atoms with Crippen LogP contribution >= 0.6 is 0 Å². The summed E-state index contributed by atoms with van der Waals surface area (Å²) < 4.78 is 0. The van der Waals surface area contributed by atoms with Gasteiger partial charge in [0.25, 0.3) is 0 Å². The van der Waals surface area contributed by atoms with Gasteiger partial charge in [-0.15, -0.1) is 0 Å². The molecule has 2 aliphatic rings. The normalized spacial score (nSPS) is 25.6. The zero-order valence-electron chi connectivity index (χ0n) is 11.2. The van der Waals surface area contributed by atoms with Crippen LogP contribution in [-0.4, -0.2) is 0 Å². The minimum absolute atomic E-state index is 0.185. The van der Waals surface area contributed by atoms with E-state index in [0.29, 0.717) is 11.7 Å². The number of benzene rings is 2. The van der Waals surface area contributed by atoms with Gasteiger partial charge in [-0.25, -0.2) is 0 Å². The third-order valence-corrected chi connectivity index (χ3v) is 4.55. The molecule has 0 amide bonds. The quantitative estimate of drug-likeness (QED) is 0.469. The summed E-state index contributed by atoms with van der Waals surface area (Å²) in [6.45, 7) is 2.21. The predicted octanol–water partition coefficient (Wildman–Crippen LogP) is 4.09. The number of nitrogens with zero attached hydrogens (tertiary/aromatic N) is 3. The maximum absolute atomic E-state index is 8.62. The third-order valence-electron chi connectivity index (χ3n) is 4.55. The van der Waals surface area contributed by atoms with E-state index in [4.69, 9.17) is 5.53 Å². The Bertz CT molecular complexity index is 761. The van der Waals surface area contributed by atoms with E-state index in [1.165, 1.54) is 22.3 Å². The molecule has 2 atom stereocenters. The van der Waals surface area contributed by atoms with Gasteiger partial charge in [-0.05, 0) is 47.2 Å². The Labute approximate surface area is 117 Å². The highest BCUT2D eigenvalue weighted by Gasteiger charge is 2.45. The lowest BCUT2D eigenvalue weighted by molar-refractivity contribution is 0.389. The summed E-state index contributed by atoms with van der Waals surface area (Å²) in [5.41, 5.74) is 14.4. The lowest BCUT2D eigenvalue weighted by Crippen LogP contribution is -2.41. The Morgan fingerprint density at radius 3 is 2.95 bits per heavy atom. The molecule has 2 bridgehead atoms. The largest absolute Gasteiger partial charge is 0.297 e. The highest BCUT2D eigenvalue weighted by Crippen LogP contribution is 2.48. The van der Waals surface area contributed by atoms with Gasteiger partial charge in [0.05, 0.1) is 5.54 Å². The molecule has 2 aromatic carbocycles. The monoisotopic (exact) mass is 262 g/mol. The minimum atomic E-state index is -0.185. The number of hydrogen-bond donors (Lipinski definition) is 1. The van der Waals surface area contributed by atoms with Crippen LogP contribution in [0, 0.1) is 0 Å². The van der Waals surface area contributed by atoms with E-state index >= 15 is 0 Å². The van der Waals surface area contributed by atoms with Gasteiger partial charge in [0, 0.05) is 16.6 Å². The summed E-state index contributed by atoms with van der Waals surface area (Å²) in [4.78, 5) is 2.89. The van der Waals surface area contributed by atoms with Crippen LogP contribution in [0.25, 0.3) is 10.4 Å². The zero-order chi connectivity index (χ0) is 13.7. The SMILES string of the molecule is C[C@@]12N[C@@H](Cc3ccc(N=[N+]=[N-])cc31)c1ccccc12. The van der Waals surface area contributed by atoms with E-state index in [2.05, 4.69) is 52.6 Å². The zero-order valence-corrected chi connectivity index (χ0v) is 11.2. The van der Waals surface area contributed by atoms with Crippen molar-refractivity contribution >= 4 is 5.69 Å². The summed E-state index contributed by atoms with van der Waals surface area (Å²) in [5.74, 6) is 0. The van der Waals surface area contributed by atoms with Crippen molar-refractivity contribution in [2.24, 2.45) is 5.11 Å². The molecule has 4 heteroatoms. The van der Waals surface area contributed by atoms with Crippen LogP contribution in [0.4, 0.5) is 5.69 Å². The summed E-state index contributed by atoms with van der Waals surface area (Å²) in [5, 5.41) is 7.46. The average Bonchev–Trinajstić information content (AvgIpc) is 2.71.